The average molecular weight is 415 g/mol. The fraction of sp³-hybridized carbons (Fsp3) is 0.364. The monoisotopic (exact) mass is 414 g/mol. The van der Waals surface area contributed by atoms with Gasteiger partial charge in [-0.25, -0.2) is 0 Å². The highest BCUT2D eigenvalue weighted by Gasteiger charge is 2.34. The second-order valence-corrected chi connectivity index (χ2v) is 7.76. The van der Waals surface area contributed by atoms with Crippen LogP contribution in [0.4, 0.5) is 4.79 Å². The molecule has 1 fully saturated rings. The summed E-state index contributed by atoms with van der Waals surface area (Å²) in [6.07, 6.45) is 2.45. The van der Waals surface area contributed by atoms with Gasteiger partial charge < -0.3 is 14.0 Å². The Labute approximate surface area is 175 Å². The summed E-state index contributed by atoms with van der Waals surface area (Å²) in [7, 11) is 1.61. The van der Waals surface area contributed by atoms with Crippen molar-refractivity contribution in [2.75, 3.05) is 26.9 Å². The maximum atomic E-state index is 12.6. The molecular formula is C22H26N2O4S. The highest BCUT2D eigenvalue weighted by atomic mass is 32.2. The van der Waals surface area contributed by atoms with Gasteiger partial charge in [-0.2, -0.15) is 0 Å². The lowest BCUT2D eigenvalue weighted by atomic mass is 10.2. The molecular weight excluding hydrogens is 388 g/mol. The van der Waals surface area contributed by atoms with Crippen LogP contribution in [-0.4, -0.2) is 47.5 Å². The normalized spacial score (nSPS) is 15.6. The fourth-order valence-corrected chi connectivity index (χ4v) is 4.25. The molecule has 7 heteroatoms. The number of benzene rings is 1. The maximum absolute atomic E-state index is 12.6. The fourth-order valence-electron chi connectivity index (χ4n) is 3.39. The standard InChI is InChI=1S/C22H26N2O4S/c1-5-28-19-9-7-18(8-10-19)24-15(2)13-17(16(24)3)14-20-21(25)23(22(26)29-20)11-6-12-27-4/h7-10,13-14H,5-6,11-12H2,1-4H3. The summed E-state index contributed by atoms with van der Waals surface area (Å²) in [4.78, 5) is 26.6. The third kappa shape index (κ3) is 4.57. The summed E-state index contributed by atoms with van der Waals surface area (Å²) < 4.78 is 12.7. The number of thioether (sulfide) groups is 1. The number of aromatic nitrogens is 1. The van der Waals surface area contributed by atoms with Crippen molar-refractivity contribution in [1.82, 2.24) is 9.47 Å². The molecule has 1 aliphatic rings. The molecule has 0 saturated carbocycles. The molecule has 2 heterocycles. The van der Waals surface area contributed by atoms with Gasteiger partial charge in [0.05, 0.1) is 11.5 Å². The number of imide groups is 1. The Hall–Kier alpha value is -2.51. The minimum Gasteiger partial charge on any atom is -0.494 e. The third-order valence-electron chi connectivity index (χ3n) is 4.77. The zero-order chi connectivity index (χ0) is 21.0. The molecule has 1 aliphatic heterocycles. The highest BCUT2D eigenvalue weighted by molar-refractivity contribution is 8.18. The van der Waals surface area contributed by atoms with Gasteiger partial charge in [0.15, 0.2) is 0 Å². The Kier molecular flexibility index (Phi) is 6.82. The van der Waals surface area contributed by atoms with Crippen LogP contribution in [0.25, 0.3) is 11.8 Å². The Balaban J connectivity index is 1.84. The van der Waals surface area contributed by atoms with Crippen molar-refractivity contribution in [2.45, 2.75) is 27.2 Å². The second-order valence-electron chi connectivity index (χ2n) is 6.77. The van der Waals surface area contributed by atoms with Crippen molar-refractivity contribution in [3.63, 3.8) is 0 Å². The lowest BCUT2D eigenvalue weighted by Gasteiger charge is -2.11. The van der Waals surface area contributed by atoms with E-state index in [1.165, 1.54) is 4.90 Å². The first-order chi connectivity index (χ1) is 14.0. The molecule has 6 nitrogen and oxygen atoms in total. The molecule has 0 radical (unpaired) electrons. The molecule has 0 spiro atoms. The van der Waals surface area contributed by atoms with E-state index in [1.54, 1.807) is 7.11 Å². The Morgan fingerprint density at radius 1 is 1.14 bits per heavy atom. The summed E-state index contributed by atoms with van der Waals surface area (Å²) >= 11 is 0.994. The van der Waals surface area contributed by atoms with E-state index in [2.05, 4.69) is 4.57 Å². The highest BCUT2D eigenvalue weighted by Crippen LogP contribution is 2.34. The van der Waals surface area contributed by atoms with Crippen molar-refractivity contribution >= 4 is 29.0 Å². The van der Waals surface area contributed by atoms with Gasteiger partial charge in [-0.3, -0.25) is 14.5 Å². The van der Waals surface area contributed by atoms with E-state index >= 15 is 0 Å². The van der Waals surface area contributed by atoms with Crippen LogP contribution >= 0.6 is 11.8 Å². The number of rotatable bonds is 8. The predicted octanol–water partition coefficient (Wildman–Crippen LogP) is 4.57. The number of amides is 2. The summed E-state index contributed by atoms with van der Waals surface area (Å²) in [6.45, 7) is 7.52. The molecule has 0 aliphatic carbocycles. The Morgan fingerprint density at radius 3 is 2.52 bits per heavy atom. The van der Waals surface area contributed by atoms with Crippen molar-refractivity contribution < 1.29 is 19.1 Å². The molecule has 2 amide bonds. The lowest BCUT2D eigenvalue weighted by molar-refractivity contribution is -0.122. The number of hydrogen-bond donors (Lipinski definition) is 0. The number of carbonyl (C=O) groups is 2. The quantitative estimate of drug-likeness (QED) is 0.468. The van der Waals surface area contributed by atoms with Crippen LogP contribution < -0.4 is 4.74 Å². The van der Waals surface area contributed by atoms with Gasteiger partial charge in [-0.05, 0) is 80.9 Å². The predicted molar refractivity (Wildman–Crippen MR) is 116 cm³/mol. The van der Waals surface area contributed by atoms with E-state index in [-0.39, 0.29) is 11.1 Å². The number of ether oxygens (including phenoxy) is 2. The summed E-state index contributed by atoms with van der Waals surface area (Å²) in [5.74, 6) is 0.600. The Morgan fingerprint density at radius 2 is 1.86 bits per heavy atom. The number of methoxy groups -OCH3 is 1. The molecule has 154 valence electrons. The summed E-state index contributed by atoms with van der Waals surface area (Å²) in [5.41, 5.74) is 4.02. The SMILES string of the molecule is CCOc1ccc(-n2c(C)cc(C=C3SC(=O)N(CCCOC)C3=O)c2C)cc1. The van der Waals surface area contributed by atoms with Crippen LogP contribution in [-0.2, 0) is 9.53 Å². The molecule has 1 aromatic heterocycles. The van der Waals surface area contributed by atoms with Gasteiger partial charge in [-0.15, -0.1) is 0 Å². The van der Waals surface area contributed by atoms with Gasteiger partial charge in [0.2, 0.25) is 0 Å². The summed E-state index contributed by atoms with van der Waals surface area (Å²) in [5, 5.41) is -0.224. The van der Waals surface area contributed by atoms with Crippen molar-refractivity contribution in [1.29, 1.82) is 0 Å². The summed E-state index contributed by atoms with van der Waals surface area (Å²) in [6, 6.07) is 9.95. The van der Waals surface area contributed by atoms with Crippen LogP contribution in [0.2, 0.25) is 0 Å². The first-order valence-electron chi connectivity index (χ1n) is 9.62. The number of carbonyl (C=O) groups excluding carboxylic acids is 2. The van der Waals surface area contributed by atoms with E-state index in [0.717, 1.165) is 40.2 Å². The zero-order valence-corrected chi connectivity index (χ0v) is 18.0. The molecule has 1 saturated heterocycles. The van der Waals surface area contributed by atoms with Crippen molar-refractivity contribution in [3.8, 4) is 11.4 Å². The first-order valence-corrected chi connectivity index (χ1v) is 10.4. The van der Waals surface area contributed by atoms with Crippen molar-refractivity contribution in [2.24, 2.45) is 0 Å². The minimum absolute atomic E-state index is 0.224. The van der Waals surface area contributed by atoms with Gasteiger partial charge >= 0.3 is 0 Å². The third-order valence-corrected chi connectivity index (χ3v) is 5.67. The van der Waals surface area contributed by atoms with Gasteiger partial charge in [0, 0.05) is 37.3 Å². The first kappa shape index (κ1) is 21.2. The maximum Gasteiger partial charge on any atom is 0.293 e. The number of nitrogens with zero attached hydrogens (tertiary/aromatic N) is 2. The number of hydrogen-bond acceptors (Lipinski definition) is 5. The molecule has 0 N–H and O–H groups in total. The van der Waals surface area contributed by atoms with Gasteiger partial charge in [-0.1, -0.05) is 0 Å². The minimum atomic E-state index is -0.234. The van der Waals surface area contributed by atoms with Crippen LogP contribution in [0.3, 0.4) is 0 Å². The van der Waals surface area contributed by atoms with E-state index in [1.807, 2.05) is 57.2 Å². The zero-order valence-electron chi connectivity index (χ0n) is 17.2. The lowest BCUT2D eigenvalue weighted by Crippen LogP contribution is -2.29. The van der Waals surface area contributed by atoms with Crippen LogP contribution in [0.15, 0.2) is 35.2 Å². The molecule has 2 aromatic rings. The van der Waals surface area contributed by atoms with E-state index in [9.17, 15) is 9.59 Å². The topological polar surface area (TPSA) is 60.8 Å². The van der Waals surface area contributed by atoms with E-state index < -0.39 is 0 Å². The van der Waals surface area contributed by atoms with E-state index in [4.69, 9.17) is 9.47 Å². The molecule has 1 aromatic carbocycles. The number of aryl methyl sites for hydroxylation is 1. The molecule has 0 bridgehead atoms. The average Bonchev–Trinajstić information content (AvgIpc) is 3.12. The van der Waals surface area contributed by atoms with Crippen LogP contribution in [0.1, 0.15) is 30.3 Å². The van der Waals surface area contributed by atoms with Gasteiger partial charge in [0.25, 0.3) is 11.1 Å². The molecule has 29 heavy (non-hydrogen) atoms. The molecule has 0 atom stereocenters. The van der Waals surface area contributed by atoms with E-state index in [0.29, 0.717) is 31.1 Å². The van der Waals surface area contributed by atoms with Crippen LogP contribution in [0, 0.1) is 13.8 Å². The van der Waals surface area contributed by atoms with Gasteiger partial charge in [0.1, 0.15) is 5.75 Å². The largest absolute Gasteiger partial charge is 0.494 e. The smallest absolute Gasteiger partial charge is 0.293 e. The molecule has 3 rings (SSSR count). The Bertz CT molecular complexity index is 931. The van der Waals surface area contributed by atoms with Crippen molar-refractivity contribution in [3.05, 3.63) is 52.2 Å². The second kappa shape index (κ2) is 9.33. The molecule has 0 unspecified atom stereocenters. The van der Waals surface area contributed by atoms with Crippen LogP contribution in [0.5, 0.6) is 5.75 Å².